The van der Waals surface area contributed by atoms with Gasteiger partial charge in [0.05, 0.1) is 5.69 Å². The number of hydrogen-bond acceptors (Lipinski definition) is 4. The van der Waals surface area contributed by atoms with E-state index in [2.05, 4.69) is 44.6 Å². The van der Waals surface area contributed by atoms with E-state index in [-0.39, 0.29) is 5.54 Å². The number of hydrogen-bond donors (Lipinski definition) is 0. The number of likely N-dealkylation sites (N-methyl/N-ethyl adjacent to an activating group) is 1. The van der Waals surface area contributed by atoms with Crippen LogP contribution in [0.4, 0.5) is 0 Å². The average molecular weight is 382 g/mol. The Morgan fingerprint density at radius 1 is 1.18 bits per heavy atom. The van der Waals surface area contributed by atoms with Gasteiger partial charge in [-0.3, -0.25) is 14.6 Å². The summed E-state index contributed by atoms with van der Waals surface area (Å²) in [6.45, 7) is 5.94. The van der Waals surface area contributed by atoms with Gasteiger partial charge in [-0.2, -0.15) is 0 Å². The number of carbonyl (C=O) groups is 1. The molecule has 0 aromatic carbocycles. The van der Waals surface area contributed by atoms with E-state index in [9.17, 15) is 4.79 Å². The molecule has 1 amide bonds. The Morgan fingerprint density at radius 3 is 2.89 bits per heavy atom. The van der Waals surface area contributed by atoms with Crippen molar-refractivity contribution in [2.24, 2.45) is 5.92 Å². The summed E-state index contributed by atoms with van der Waals surface area (Å²) < 4.78 is 2.10. The molecule has 6 nitrogen and oxygen atoms in total. The number of pyridine rings is 1. The predicted octanol–water partition coefficient (Wildman–Crippen LogP) is 2.24. The second kappa shape index (κ2) is 7.16. The number of likely N-dealkylation sites (tertiary alicyclic amines) is 1. The predicted molar refractivity (Wildman–Crippen MR) is 109 cm³/mol. The summed E-state index contributed by atoms with van der Waals surface area (Å²) in [6, 6.07) is 6.13. The van der Waals surface area contributed by atoms with Crippen LogP contribution in [0.5, 0.6) is 0 Å². The lowest BCUT2D eigenvalue weighted by Gasteiger charge is -2.49. The summed E-state index contributed by atoms with van der Waals surface area (Å²) in [6.07, 6.45) is 9.58. The Bertz CT molecular complexity index is 826. The van der Waals surface area contributed by atoms with E-state index in [4.69, 9.17) is 4.98 Å². The summed E-state index contributed by atoms with van der Waals surface area (Å²) in [4.78, 5) is 24.7. The zero-order valence-corrected chi connectivity index (χ0v) is 16.9. The van der Waals surface area contributed by atoms with Crippen LogP contribution in [-0.4, -0.2) is 75.3 Å². The van der Waals surface area contributed by atoms with Crippen LogP contribution in [0.25, 0.3) is 5.65 Å². The molecule has 3 fully saturated rings. The van der Waals surface area contributed by atoms with Crippen molar-refractivity contribution in [3.8, 4) is 0 Å². The van der Waals surface area contributed by atoms with E-state index in [0.29, 0.717) is 12.3 Å². The molecule has 5 rings (SSSR count). The van der Waals surface area contributed by atoms with Crippen molar-refractivity contribution in [1.29, 1.82) is 0 Å². The van der Waals surface area contributed by atoms with Crippen LogP contribution in [-0.2, 0) is 11.3 Å². The van der Waals surface area contributed by atoms with E-state index in [1.165, 1.54) is 12.8 Å². The largest absolute Gasteiger partial charge is 0.342 e. The van der Waals surface area contributed by atoms with Crippen LogP contribution >= 0.6 is 0 Å². The molecule has 1 aliphatic carbocycles. The standard InChI is InChI=1S/C22H31N5O/c1-24-12-13-25(15-19-16-26-10-3-2-4-20(26)23-19)17-22(24)8-7-21(28)27(11-9-22)14-18-5-6-18/h2-4,10,16,18H,5-9,11-15,17H2,1H3. The summed E-state index contributed by atoms with van der Waals surface area (Å²) in [5.41, 5.74) is 2.26. The summed E-state index contributed by atoms with van der Waals surface area (Å²) in [7, 11) is 2.25. The molecule has 1 unspecified atom stereocenters. The first-order chi connectivity index (χ1) is 13.6. The lowest BCUT2D eigenvalue weighted by atomic mass is 9.86. The smallest absolute Gasteiger partial charge is 0.222 e. The summed E-state index contributed by atoms with van der Waals surface area (Å²) in [5, 5.41) is 0. The average Bonchev–Trinajstić information content (AvgIpc) is 3.44. The molecule has 3 aliphatic rings. The second-order valence-electron chi connectivity index (χ2n) is 9.09. The minimum Gasteiger partial charge on any atom is -0.342 e. The van der Waals surface area contributed by atoms with E-state index < -0.39 is 0 Å². The highest BCUT2D eigenvalue weighted by Gasteiger charge is 2.42. The zero-order chi connectivity index (χ0) is 19.1. The molecule has 2 aliphatic heterocycles. The molecule has 2 aromatic heterocycles. The fourth-order valence-electron chi connectivity index (χ4n) is 5.01. The highest BCUT2D eigenvalue weighted by Crippen LogP contribution is 2.35. The molecular weight excluding hydrogens is 350 g/mol. The summed E-state index contributed by atoms with van der Waals surface area (Å²) >= 11 is 0. The van der Waals surface area contributed by atoms with Crippen LogP contribution < -0.4 is 0 Å². The van der Waals surface area contributed by atoms with Gasteiger partial charge in [0.25, 0.3) is 0 Å². The van der Waals surface area contributed by atoms with Gasteiger partial charge in [0, 0.05) is 63.6 Å². The quantitative estimate of drug-likeness (QED) is 0.815. The van der Waals surface area contributed by atoms with Gasteiger partial charge in [-0.1, -0.05) is 6.07 Å². The molecule has 2 saturated heterocycles. The lowest BCUT2D eigenvalue weighted by Crippen LogP contribution is -2.60. The molecule has 0 radical (unpaired) electrons. The Hall–Kier alpha value is -1.92. The Kier molecular flexibility index (Phi) is 4.63. The molecule has 1 atom stereocenters. The normalized spacial score (nSPS) is 27.6. The maximum atomic E-state index is 12.7. The number of amides is 1. The molecule has 6 heteroatoms. The third-order valence-electron chi connectivity index (χ3n) is 7.06. The monoisotopic (exact) mass is 381 g/mol. The molecule has 1 spiro atoms. The van der Waals surface area contributed by atoms with E-state index in [1.807, 2.05) is 12.1 Å². The van der Waals surface area contributed by atoms with Crippen molar-refractivity contribution in [2.75, 3.05) is 39.8 Å². The summed E-state index contributed by atoms with van der Waals surface area (Å²) in [5.74, 6) is 1.14. The molecule has 2 aromatic rings. The zero-order valence-electron chi connectivity index (χ0n) is 16.9. The van der Waals surface area contributed by atoms with E-state index in [0.717, 1.165) is 69.4 Å². The van der Waals surface area contributed by atoms with Crippen LogP contribution in [0.3, 0.4) is 0 Å². The van der Waals surface area contributed by atoms with Crippen molar-refractivity contribution in [1.82, 2.24) is 24.1 Å². The van der Waals surface area contributed by atoms with Gasteiger partial charge in [0.15, 0.2) is 0 Å². The minimum absolute atomic E-state index is 0.116. The van der Waals surface area contributed by atoms with Gasteiger partial charge in [0.1, 0.15) is 5.65 Å². The number of nitrogens with zero attached hydrogens (tertiary/aromatic N) is 5. The maximum absolute atomic E-state index is 12.7. The molecule has 0 N–H and O–H groups in total. The Morgan fingerprint density at radius 2 is 2.07 bits per heavy atom. The van der Waals surface area contributed by atoms with Crippen LogP contribution in [0.1, 0.15) is 37.8 Å². The first kappa shape index (κ1) is 18.1. The maximum Gasteiger partial charge on any atom is 0.222 e. The number of aromatic nitrogens is 2. The number of rotatable bonds is 4. The topological polar surface area (TPSA) is 44.1 Å². The number of carbonyl (C=O) groups excluding carboxylic acids is 1. The molecule has 28 heavy (non-hydrogen) atoms. The third kappa shape index (κ3) is 3.55. The van der Waals surface area contributed by atoms with Crippen LogP contribution in [0, 0.1) is 5.92 Å². The van der Waals surface area contributed by atoms with Gasteiger partial charge in [-0.25, -0.2) is 4.98 Å². The van der Waals surface area contributed by atoms with Gasteiger partial charge < -0.3 is 9.30 Å². The molecular formula is C22H31N5O. The number of imidazole rings is 1. The van der Waals surface area contributed by atoms with Gasteiger partial charge in [-0.15, -0.1) is 0 Å². The second-order valence-corrected chi connectivity index (χ2v) is 9.09. The Labute approximate surface area is 167 Å². The number of piperazine rings is 1. The van der Waals surface area contributed by atoms with E-state index in [1.54, 1.807) is 0 Å². The van der Waals surface area contributed by atoms with Crippen molar-refractivity contribution >= 4 is 11.6 Å². The first-order valence-electron chi connectivity index (χ1n) is 10.8. The van der Waals surface area contributed by atoms with Gasteiger partial charge in [0.2, 0.25) is 5.91 Å². The van der Waals surface area contributed by atoms with Crippen molar-refractivity contribution in [3.05, 3.63) is 36.3 Å². The lowest BCUT2D eigenvalue weighted by molar-refractivity contribution is -0.131. The van der Waals surface area contributed by atoms with E-state index >= 15 is 0 Å². The molecule has 4 heterocycles. The highest BCUT2D eigenvalue weighted by molar-refractivity contribution is 5.76. The highest BCUT2D eigenvalue weighted by atomic mass is 16.2. The first-order valence-corrected chi connectivity index (χ1v) is 10.8. The fraction of sp³-hybridized carbons (Fsp3) is 0.636. The van der Waals surface area contributed by atoms with Crippen molar-refractivity contribution in [3.63, 3.8) is 0 Å². The third-order valence-corrected chi connectivity index (χ3v) is 7.06. The van der Waals surface area contributed by atoms with Gasteiger partial charge in [-0.05, 0) is 50.8 Å². The molecule has 1 saturated carbocycles. The molecule has 150 valence electrons. The van der Waals surface area contributed by atoms with Crippen LogP contribution in [0.15, 0.2) is 30.6 Å². The van der Waals surface area contributed by atoms with Crippen molar-refractivity contribution < 1.29 is 4.79 Å². The van der Waals surface area contributed by atoms with Gasteiger partial charge >= 0.3 is 0 Å². The minimum atomic E-state index is 0.116. The number of fused-ring (bicyclic) bond motifs is 1. The SMILES string of the molecule is CN1CCN(Cc2cn3ccccc3n2)CC12CCC(=O)N(CC1CC1)CC2. The van der Waals surface area contributed by atoms with Crippen LogP contribution in [0.2, 0.25) is 0 Å². The fourth-order valence-corrected chi connectivity index (χ4v) is 5.01. The Balaban J connectivity index is 1.29. The van der Waals surface area contributed by atoms with Crippen molar-refractivity contribution in [2.45, 2.75) is 44.2 Å². The molecule has 0 bridgehead atoms.